The minimum absolute atomic E-state index is 0.0839. The first-order valence-electron chi connectivity index (χ1n) is 7.44. The molecule has 1 rings (SSSR count). The third-order valence-electron chi connectivity index (χ3n) is 2.95. The lowest BCUT2D eigenvalue weighted by atomic mass is 10.2. The number of carbonyl (C=O) groups is 1. The Balaban J connectivity index is 2.16. The number of nitrogens with one attached hydrogen (secondary N) is 1. The summed E-state index contributed by atoms with van der Waals surface area (Å²) in [4.78, 5) is 11.6. The molecule has 0 aromatic heterocycles. The highest BCUT2D eigenvalue weighted by molar-refractivity contribution is 5.91. The average molecular weight is 291 g/mol. The molecule has 1 N–H and O–H groups in total. The van der Waals surface area contributed by atoms with Gasteiger partial charge in [0.1, 0.15) is 5.75 Å². The van der Waals surface area contributed by atoms with Crippen LogP contribution in [0.3, 0.4) is 0 Å². The lowest BCUT2D eigenvalue weighted by molar-refractivity contribution is -0.116. The highest BCUT2D eigenvalue weighted by atomic mass is 16.5. The zero-order valence-electron chi connectivity index (χ0n) is 12.9. The van der Waals surface area contributed by atoms with Crippen molar-refractivity contribution in [3.8, 4) is 5.75 Å². The van der Waals surface area contributed by atoms with Crippen LogP contribution in [-0.2, 0) is 9.53 Å². The van der Waals surface area contributed by atoms with E-state index in [1.165, 1.54) is 0 Å². The van der Waals surface area contributed by atoms with E-state index in [9.17, 15) is 4.79 Å². The molecule has 4 nitrogen and oxygen atoms in total. The van der Waals surface area contributed by atoms with Gasteiger partial charge in [0.25, 0.3) is 0 Å². The molecule has 0 aliphatic carbocycles. The maximum Gasteiger partial charge on any atom is 0.244 e. The monoisotopic (exact) mass is 291 g/mol. The third kappa shape index (κ3) is 8.15. The fourth-order valence-electron chi connectivity index (χ4n) is 1.68. The Morgan fingerprint density at radius 1 is 1.19 bits per heavy atom. The molecule has 1 aromatic rings. The number of rotatable bonds is 10. The molecule has 0 heterocycles. The Bertz CT molecular complexity index is 426. The van der Waals surface area contributed by atoms with Crippen LogP contribution in [0.5, 0.6) is 5.75 Å². The number of amides is 1. The maximum absolute atomic E-state index is 11.6. The molecule has 0 aliphatic heterocycles. The molecule has 1 amide bonds. The maximum atomic E-state index is 11.6. The first kappa shape index (κ1) is 17.2. The van der Waals surface area contributed by atoms with Gasteiger partial charge in [-0.1, -0.05) is 25.5 Å². The summed E-state index contributed by atoms with van der Waals surface area (Å²) in [5.74, 6) is 0.721. The van der Waals surface area contributed by atoms with E-state index >= 15 is 0 Å². The summed E-state index contributed by atoms with van der Waals surface area (Å²) in [6.07, 6.45) is 6.40. The highest BCUT2D eigenvalue weighted by Gasteiger charge is 1.96. The molecule has 0 bridgehead atoms. The zero-order chi connectivity index (χ0) is 15.3. The van der Waals surface area contributed by atoms with Gasteiger partial charge >= 0.3 is 0 Å². The first-order chi connectivity index (χ1) is 10.3. The molecule has 0 fully saturated rings. The van der Waals surface area contributed by atoms with Crippen LogP contribution in [0.4, 0.5) is 0 Å². The number of methoxy groups -OCH3 is 1. The number of carbonyl (C=O) groups excluding carboxylic acids is 1. The lowest BCUT2D eigenvalue weighted by Gasteiger charge is -2.04. The van der Waals surface area contributed by atoms with Gasteiger partial charge in [-0.2, -0.15) is 0 Å². The number of ether oxygens (including phenoxy) is 2. The number of hydrogen-bond donors (Lipinski definition) is 1. The zero-order valence-corrected chi connectivity index (χ0v) is 12.9. The topological polar surface area (TPSA) is 47.6 Å². The van der Waals surface area contributed by atoms with Crippen LogP contribution in [0.15, 0.2) is 30.3 Å². The van der Waals surface area contributed by atoms with E-state index in [0.717, 1.165) is 37.2 Å². The van der Waals surface area contributed by atoms with Gasteiger partial charge in [-0.3, -0.25) is 4.79 Å². The van der Waals surface area contributed by atoms with E-state index in [2.05, 4.69) is 12.2 Å². The van der Waals surface area contributed by atoms with Gasteiger partial charge < -0.3 is 14.8 Å². The summed E-state index contributed by atoms with van der Waals surface area (Å²) in [6, 6.07) is 7.55. The normalized spacial score (nSPS) is 10.8. The van der Waals surface area contributed by atoms with Gasteiger partial charge in [0.2, 0.25) is 5.91 Å². The van der Waals surface area contributed by atoms with E-state index in [4.69, 9.17) is 9.47 Å². The Hall–Kier alpha value is -1.81. The molecule has 0 spiro atoms. The van der Waals surface area contributed by atoms with Gasteiger partial charge in [0.15, 0.2) is 0 Å². The van der Waals surface area contributed by atoms with Crippen molar-refractivity contribution in [1.29, 1.82) is 0 Å². The molecule has 116 valence electrons. The van der Waals surface area contributed by atoms with Crippen LogP contribution in [0, 0.1) is 0 Å². The molecule has 0 unspecified atom stereocenters. The second kappa shape index (κ2) is 10.9. The Morgan fingerprint density at radius 3 is 2.57 bits per heavy atom. The van der Waals surface area contributed by atoms with Crippen molar-refractivity contribution in [2.75, 3.05) is 26.9 Å². The van der Waals surface area contributed by atoms with Crippen molar-refractivity contribution in [3.05, 3.63) is 35.9 Å². The van der Waals surface area contributed by atoms with Gasteiger partial charge in [-0.25, -0.2) is 0 Å². The predicted octanol–water partition coefficient (Wildman–Crippen LogP) is 3.03. The molecular formula is C17H25NO3. The standard InChI is InChI=1S/C17H25NO3/c1-3-4-13-21-14-5-12-18-17(19)11-8-15-6-9-16(20-2)10-7-15/h6-11H,3-5,12-14H2,1-2H3,(H,18,19). The fourth-order valence-corrected chi connectivity index (χ4v) is 1.68. The van der Waals surface area contributed by atoms with Gasteiger partial charge in [0, 0.05) is 25.8 Å². The molecule has 0 saturated carbocycles. The van der Waals surface area contributed by atoms with E-state index in [1.807, 2.05) is 24.3 Å². The average Bonchev–Trinajstić information content (AvgIpc) is 2.52. The molecular weight excluding hydrogens is 266 g/mol. The molecule has 0 atom stereocenters. The van der Waals surface area contributed by atoms with Crippen LogP contribution < -0.4 is 10.1 Å². The minimum Gasteiger partial charge on any atom is -0.497 e. The second-order valence-corrected chi connectivity index (χ2v) is 4.72. The van der Waals surface area contributed by atoms with E-state index in [-0.39, 0.29) is 5.91 Å². The van der Waals surface area contributed by atoms with Crippen LogP contribution in [0.1, 0.15) is 31.7 Å². The molecule has 1 aromatic carbocycles. The smallest absolute Gasteiger partial charge is 0.244 e. The van der Waals surface area contributed by atoms with Gasteiger partial charge in [0.05, 0.1) is 7.11 Å². The largest absolute Gasteiger partial charge is 0.497 e. The van der Waals surface area contributed by atoms with Crippen LogP contribution in [0.25, 0.3) is 6.08 Å². The van der Waals surface area contributed by atoms with Crippen molar-refractivity contribution >= 4 is 12.0 Å². The molecule has 4 heteroatoms. The van der Waals surface area contributed by atoms with Crippen molar-refractivity contribution in [1.82, 2.24) is 5.32 Å². The minimum atomic E-state index is -0.0839. The van der Waals surface area contributed by atoms with Crippen molar-refractivity contribution < 1.29 is 14.3 Å². The van der Waals surface area contributed by atoms with Crippen molar-refractivity contribution in [3.63, 3.8) is 0 Å². The first-order valence-corrected chi connectivity index (χ1v) is 7.44. The Labute approximate surface area is 127 Å². The summed E-state index contributed by atoms with van der Waals surface area (Å²) in [5.41, 5.74) is 0.967. The molecule has 0 saturated heterocycles. The van der Waals surface area contributed by atoms with Crippen molar-refractivity contribution in [2.24, 2.45) is 0 Å². The van der Waals surface area contributed by atoms with Gasteiger partial charge in [-0.15, -0.1) is 0 Å². The van der Waals surface area contributed by atoms with E-state index < -0.39 is 0 Å². The fraction of sp³-hybridized carbons (Fsp3) is 0.471. The quantitative estimate of drug-likeness (QED) is 0.532. The Kier molecular flexibility index (Phi) is 8.96. The summed E-state index contributed by atoms with van der Waals surface area (Å²) in [6.45, 7) is 4.28. The number of hydrogen-bond acceptors (Lipinski definition) is 3. The summed E-state index contributed by atoms with van der Waals surface area (Å²) < 4.78 is 10.5. The van der Waals surface area contributed by atoms with E-state index in [1.54, 1.807) is 19.3 Å². The van der Waals surface area contributed by atoms with Crippen LogP contribution in [0.2, 0.25) is 0 Å². The summed E-state index contributed by atoms with van der Waals surface area (Å²) in [7, 11) is 1.63. The lowest BCUT2D eigenvalue weighted by Crippen LogP contribution is -2.23. The third-order valence-corrected chi connectivity index (χ3v) is 2.95. The summed E-state index contributed by atoms with van der Waals surface area (Å²) >= 11 is 0. The SMILES string of the molecule is CCCCOCCCNC(=O)C=Cc1ccc(OC)cc1. The Morgan fingerprint density at radius 2 is 1.90 bits per heavy atom. The van der Waals surface area contributed by atoms with Crippen molar-refractivity contribution in [2.45, 2.75) is 26.2 Å². The molecule has 0 aliphatic rings. The van der Waals surface area contributed by atoms with E-state index in [0.29, 0.717) is 13.2 Å². The number of benzene rings is 1. The van der Waals surface area contributed by atoms with Gasteiger partial charge in [-0.05, 0) is 36.6 Å². The number of unbranched alkanes of at least 4 members (excludes halogenated alkanes) is 1. The predicted molar refractivity (Wildman–Crippen MR) is 85.4 cm³/mol. The van der Waals surface area contributed by atoms with Crippen LogP contribution in [-0.4, -0.2) is 32.8 Å². The second-order valence-electron chi connectivity index (χ2n) is 4.72. The summed E-state index contributed by atoms with van der Waals surface area (Å²) in [5, 5.41) is 2.84. The molecule has 0 radical (unpaired) electrons. The highest BCUT2D eigenvalue weighted by Crippen LogP contribution is 2.12. The molecule has 21 heavy (non-hydrogen) atoms. The van der Waals surface area contributed by atoms with Crippen LogP contribution >= 0.6 is 0 Å².